The predicted octanol–water partition coefficient (Wildman–Crippen LogP) is 2.46. The van der Waals surface area contributed by atoms with E-state index in [1.54, 1.807) is 5.51 Å². The van der Waals surface area contributed by atoms with Gasteiger partial charge in [-0.05, 0) is 32.3 Å². The van der Waals surface area contributed by atoms with Gasteiger partial charge in [0, 0.05) is 6.54 Å². The van der Waals surface area contributed by atoms with E-state index in [1.807, 2.05) is 24.9 Å². The lowest BCUT2D eigenvalue weighted by Gasteiger charge is -2.24. The van der Waals surface area contributed by atoms with Gasteiger partial charge < -0.3 is 4.90 Å². The molecule has 0 unspecified atom stereocenters. The Bertz CT molecular complexity index is 603. The summed E-state index contributed by atoms with van der Waals surface area (Å²) in [5, 5.41) is 7.10. The summed E-state index contributed by atoms with van der Waals surface area (Å²) in [5.74, 6) is 0.0940. The zero-order valence-electron chi connectivity index (χ0n) is 11.0. The van der Waals surface area contributed by atoms with Gasteiger partial charge in [0.25, 0.3) is 5.91 Å². The molecular weight excluding hydrogens is 260 g/mol. The highest BCUT2D eigenvalue weighted by molar-refractivity contribution is 7.11. The summed E-state index contributed by atoms with van der Waals surface area (Å²) in [5.41, 5.74) is 4.73. The van der Waals surface area contributed by atoms with E-state index in [4.69, 9.17) is 0 Å². The van der Waals surface area contributed by atoms with Gasteiger partial charge in [-0.15, -0.1) is 11.3 Å². The quantitative estimate of drug-likeness (QED) is 0.916. The smallest absolute Gasteiger partial charge is 0.266 e. The number of nitrogens with zero attached hydrogens (tertiary/aromatic N) is 3. The Hall–Kier alpha value is -1.69. The van der Waals surface area contributed by atoms with Crippen LogP contribution in [0.4, 0.5) is 0 Å². The molecule has 0 aliphatic carbocycles. The van der Waals surface area contributed by atoms with Crippen molar-refractivity contribution in [2.24, 2.45) is 0 Å². The Labute approximate surface area is 115 Å². The van der Waals surface area contributed by atoms with Gasteiger partial charge in [-0.25, -0.2) is 4.98 Å². The van der Waals surface area contributed by atoms with Crippen molar-refractivity contribution in [3.05, 3.63) is 33.5 Å². The minimum Gasteiger partial charge on any atom is -0.329 e. The highest BCUT2D eigenvalue weighted by atomic mass is 32.1. The molecule has 0 radical (unpaired) electrons. The van der Waals surface area contributed by atoms with Crippen molar-refractivity contribution in [2.75, 3.05) is 6.54 Å². The Kier molecular flexibility index (Phi) is 3.10. The second-order valence-electron chi connectivity index (χ2n) is 4.89. The van der Waals surface area contributed by atoms with Crippen molar-refractivity contribution >= 4 is 17.2 Å². The van der Waals surface area contributed by atoms with Gasteiger partial charge in [0.1, 0.15) is 4.88 Å². The molecule has 1 N–H and O–H groups in total. The average molecular weight is 276 g/mol. The summed E-state index contributed by atoms with van der Waals surface area (Å²) in [6.07, 6.45) is 3.84. The number of carbonyl (C=O) groups excluding carboxylic acids is 1. The van der Waals surface area contributed by atoms with Crippen molar-refractivity contribution in [3.8, 4) is 0 Å². The molecule has 0 saturated carbocycles. The first-order chi connectivity index (χ1) is 9.18. The number of H-pyrrole nitrogens is 1. The van der Waals surface area contributed by atoms with E-state index in [-0.39, 0.29) is 11.9 Å². The fraction of sp³-hybridized carbons (Fsp3) is 0.462. The Balaban J connectivity index is 1.90. The van der Waals surface area contributed by atoms with E-state index < -0.39 is 0 Å². The molecule has 100 valence electrons. The standard InChI is InChI=1S/C13H16N4OS/c1-8-6-15-16-11(8)10-4-3-5-17(10)13(18)12-9(2)14-7-19-12/h6-7,10H,3-5H2,1-2H3,(H,15,16)/t10-/m1/s1. The lowest BCUT2D eigenvalue weighted by atomic mass is 10.1. The summed E-state index contributed by atoms with van der Waals surface area (Å²) in [6.45, 7) is 4.72. The Morgan fingerprint density at radius 2 is 2.37 bits per heavy atom. The third-order valence-electron chi connectivity index (χ3n) is 3.65. The van der Waals surface area contributed by atoms with Crippen molar-refractivity contribution in [2.45, 2.75) is 32.7 Å². The minimum atomic E-state index is 0.0940. The topological polar surface area (TPSA) is 61.9 Å². The number of likely N-dealkylation sites (tertiary alicyclic amines) is 1. The maximum absolute atomic E-state index is 12.6. The van der Waals surface area contributed by atoms with E-state index in [2.05, 4.69) is 15.2 Å². The third kappa shape index (κ3) is 2.06. The molecule has 1 atom stereocenters. The van der Waals surface area contributed by atoms with E-state index in [1.165, 1.54) is 11.3 Å². The highest BCUT2D eigenvalue weighted by Crippen LogP contribution is 2.34. The van der Waals surface area contributed by atoms with Gasteiger partial charge in [-0.1, -0.05) is 0 Å². The second-order valence-corrected chi connectivity index (χ2v) is 5.74. The molecule has 2 aromatic heterocycles. The van der Waals surface area contributed by atoms with Crippen molar-refractivity contribution in [3.63, 3.8) is 0 Å². The fourth-order valence-electron chi connectivity index (χ4n) is 2.64. The molecule has 3 heterocycles. The summed E-state index contributed by atoms with van der Waals surface area (Å²) >= 11 is 1.42. The molecule has 0 bridgehead atoms. The first-order valence-electron chi connectivity index (χ1n) is 6.39. The molecule has 3 rings (SSSR count). The van der Waals surface area contributed by atoms with Gasteiger partial charge in [-0.3, -0.25) is 9.89 Å². The SMILES string of the molecule is Cc1cn[nH]c1[C@H]1CCCN1C(=O)c1scnc1C. The molecule has 0 aromatic carbocycles. The zero-order chi connectivity index (χ0) is 13.4. The Morgan fingerprint density at radius 1 is 1.53 bits per heavy atom. The molecule has 1 amide bonds. The van der Waals surface area contributed by atoms with Crippen molar-refractivity contribution < 1.29 is 4.79 Å². The molecule has 1 saturated heterocycles. The fourth-order valence-corrected chi connectivity index (χ4v) is 3.40. The van der Waals surface area contributed by atoms with Crippen LogP contribution < -0.4 is 0 Å². The van der Waals surface area contributed by atoms with E-state index in [0.717, 1.165) is 41.2 Å². The molecule has 2 aromatic rings. The van der Waals surface area contributed by atoms with Crippen LogP contribution in [0.2, 0.25) is 0 Å². The summed E-state index contributed by atoms with van der Waals surface area (Å²) in [6, 6.07) is 0.122. The number of rotatable bonds is 2. The number of nitrogens with one attached hydrogen (secondary N) is 1. The zero-order valence-corrected chi connectivity index (χ0v) is 11.8. The van der Waals surface area contributed by atoms with Crippen LogP contribution in [0, 0.1) is 13.8 Å². The predicted molar refractivity (Wildman–Crippen MR) is 73.2 cm³/mol. The molecule has 0 spiro atoms. The van der Waals surface area contributed by atoms with Crippen LogP contribution in [-0.4, -0.2) is 32.5 Å². The second kappa shape index (κ2) is 4.77. The van der Waals surface area contributed by atoms with Crippen LogP contribution in [-0.2, 0) is 0 Å². The summed E-state index contributed by atoms with van der Waals surface area (Å²) in [4.78, 5) is 19.5. The van der Waals surface area contributed by atoms with Crippen LogP contribution in [0.15, 0.2) is 11.7 Å². The van der Waals surface area contributed by atoms with Crippen LogP contribution in [0.3, 0.4) is 0 Å². The lowest BCUT2D eigenvalue weighted by molar-refractivity contribution is 0.0736. The van der Waals surface area contributed by atoms with Gasteiger partial charge in [0.05, 0.1) is 29.1 Å². The number of aromatic amines is 1. The summed E-state index contributed by atoms with van der Waals surface area (Å²) in [7, 11) is 0. The van der Waals surface area contributed by atoms with E-state index in [0.29, 0.717) is 0 Å². The monoisotopic (exact) mass is 276 g/mol. The molecule has 1 fully saturated rings. The number of hydrogen-bond donors (Lipinski definition) is 1. The molecule has 5 nitrogen and oxygen atoms in total. The van der Waals surface area contributed by atoms with Crippen molar-refractivity contribution in [1.82, 2.24) is 20.1 Å². The number of aromatic nitrogens is 3. The van der Waals surface area contributed by atoms with Gasteiger partial charge in [0.15, 0.2) is 0 Å². The van der Waals surface area contributed by atoms with Crippen molar-refractivity contribution in [1.29, 1.82) is 0 Å². The lowest BCUT2D eigenvalue weighted by Crippen LogP contribution is -2.31. The molecule has 1 aliphatic rings. The third-order valence-corrected chi connectivity index (χ3v) is 4.57. The highest BCUT2D eigenvalue weighted by Gasteiger charge is 2.33. The summed E-state index contributed by atoms with van der Waals surface area (Å²) < 4.78 is 0. The van der Waals surface area contributed by atoms with Crippen LogP contribution in [0.25, 0.3) is 0 Å². The van der Waals surface area contributed by atoms with Gasteiger partial charge in [0.2, 0.25) is 0 Å². The molecular formula is C13H16N4OS. The number of carbonyl (C=O) groups is 1. The Morgan fingerprint density at radius 3 is 3.00 bits per heavy atom. The first-order valence-corrected chi connectivity index (χ1v) is 7.27. The first kappa shape index (κ1) is 12.3. The van der Waals surface area contributed by atoms with Gasteiger partial charge >= 0.3 is 0 Å². The average Bonchev–Trinajstić information content (AvgIpc) is 3.07. The maximum atomic E-state index is 12.6. The molecule has 19 heavy (non-hydrogen) atoms. The minimum absolute atomic E-state index is 0.0940. The molecule has 1 aliphatic heterocycles. The normalized spacial score (nSPS) is 19.1. The number of hydrogen-bond acceptors (Lipinski definition) is 4. The number of thiazole rings is 1. The number of aryl methyl sites for hydroxylation is 2. The molecule has 6 heteroatoms. The van der Waals surface area contributed by atoms with Crippen LogP contribution in [0.5, 0.6) is 0 Å². The van der Waals surface area contributed by atoms with E-state index in [9.17, 15) is 4.79 Å². The van der Waals surface area contributed by atoms with Crippen LogP contribution >= 0.6 is 11.3 Å². The maximum Gasteiger partial charge on any atom is 0.266 e. The van der Waals surface area contributed by atoms with E-state index >= 15 is 0 Å². The largest absolute Gasteiger partial charge is 0.329 e. The van der Waals surface area contributed by atoms with Gasteiger partial charge in [-0.2, -0.15) is 5.10 Å². The number of amides is 1. The van der Waals surface area contributed by atoms with Crippen LogP contribution in [0.1, 0.15) is 45.5 Å².